The summed E-state index contributed by atoms with van der Waals surface area (Å²) in [4.78, 5) is 35.4. The highest BCUT2D eigenvalue weighted by atomic mass is 16.5. The second-order valence-electron chi connectivity index (χ2n) is 7.61. The topological polar surface area (TPSA) is 103 Å². The molecule has 7 nitrogen and oxygen atoms in total. The van der Waals surface area contributed by atoms with E-state index in [4.69, 9.17) is 4.74 Å². The Labute approximate surface area is 182 Å². The van der Waals surface area contributed by atoms with E-state index in [2.05, 4.69) is 15.7 Å². The minimum absolute atomic E-state index is 0.141. The van der Waals surface area contributed by atoms with Crippen molar-refractivity contribution in [3.63, 3.8) is 0 Å². The number of aromatic amines is 1. The maximum absolute atomic E-state index is 13.5. The summed E-state index contributed by atoms with van der Waals surface area (Å²) in [7, 11) is 1.56. The number of aromatic nitrogens is 2. The fraction of sp³-hybridized carbons (Fsp3) is 0.375. The molecule has 0 saturated carbocycles. The van der Waals surface area contributed by atoms with Crippen LogP contribution in [-0.4, -0.2) is 41.0 Å². The molecule has 31 heavy (non-hydrogen) atoms. The Balaban J connectivity index is 1.93. The van der Waals surface area contributed by atoms with Crippen molar-refractivity contribution < 1.29 is 15.3 Å². The van der Waals surface area contributed by atoms with E-state index in [1.807, 2.05) is 37.3 Å². The van der Waals surface area contributed by atoms with Gasteiger partial charge in [-0.25, -0.2) is 4.98 Å². The van der Waals surface area contributed by atoms with Gasteiger partial charge >= 0.3 is 0 Å². The number of fused-ring (bicyclic) bond motifs is 1. The van der Waals surface area contributed by atoms with E-state index in [1.165, 1.54) is 0 Å². The number of hydrogen-bond donors (Lipinski definition) is 2. The maximum atomic E-state index is 13.5. The average molecular weight is 424 g/mol. The van der Waals surface area contributed by atoms with Gasteiger partial charge in [-0.15, -0.1) is 0 Å². The van der Waals surface area contributed by atoms with Crippen molar-refractivity contribution in [3.8, 4) is 5.75 Å². The lowest BCUT2D eigenvalue weighted by molar-refractivity contribution is -0.368. The number of methoxy groups -OCH3 is 1. The van der Waals surface area contributed by atoms with Gasteiger partial charge in [0.1, 0.15) is 11.6 Å². The second kappa shape index (κ2) is 10.7. The third kappa shape index (κ3) is 5.30. The fourth-order valence-corrected chi connectivity index (χ4v) is 3.71. The number of nitrogens with zero attached hydrogens (tertiary/aromatic N) is 2. The molecule has 0 aliphatic carbocycles. The number of quaternary nitrogens is 1. The van der Waals surface area contributed by atoms with E-state index >= 15 is 0 Å². The molecular formula is C24H31N4O3+. The zero-order valence-corrected chi connectivity index (χ0v) is 18.3. The van der Waals surface area contributed by atoms with Gasteiger partial charge in [-0.3, -0.25) is 9.59 Å². The third-order valence-corrected chi connectivity index (χ3v) is 5.49. The quantitative estimate of drug-likeness (QED) is 0.489. The second-order valence-corrected chi connectivity index (χ2v) is 7.61. The molecule has 0 aliphatic rings. The lowest BCUT2D eigenvalue weighted by Crippen LogP contribution is -2.50. The van der Waals surface area contributed by atoms with Gasteiger partial charge in [0.25, 0.3) is 11.5 Å². The predicted octanol–water partition coefficient (Wildman–Crippen LogP) is 2.94. The smallest absolute Gasteiger partial charge is 0.258 e. The summed E-state index contributed by atoms with van der Waals surface area (Å²) in [5, 5.41) is 0.536. The highest BCUT2D eigenvalue weighted by molar-refractivity contribution is 5.97. The van der Waals surface area contributed by atoms with Gasteiger partial charge in [0, 0.05) is 6.54 Å². The normalized spacial score (nSPS) is 12.0. The zero-order valence-electron chi connectivity index (χ0n) is 18.3. The molecule has 0 fully saturated rings. The molecule has 0 unspecified atom stereocenters. The van der Waals surface area contributed by atoms with E-state index in [0.29, 0.717) is 34.6 Å². The highest BCUT2D eigenvalue weighted by Gasteiger charge is 2.26. The van der Waals surface area contributed by atoms with E-state index in [-0.39, 0.29) is 11.5 Å². The molecule has 0 saturated heterocycles. The largest absolute Gasteiger partial charge is 0.496 e. The Morgan fingerprint density at radius 3 is 2.58 bits per heavy atom. The van der Waals surface area contributed by atoms with Crippen LogP contribution in [0, 0.1) is 0 Å². The summed E-state index contributed by atoms with van der Waals surface area (Å²) in [5.74, 6) is 0.865. The first-order valence-electron chi connectivity index (χ1n) is 10.8. The summed E-state index contributed by atoms with van der Waals surface area (Å²) in [6, 6.07) is 14.0. The number of nitrogens with one attached hydrogen (secondary N) is 1. The van der Waals surface area contributed by atoms with Crippen molar-refractivity contribution in [1.29, 1.82) is 0 Å². The predicted molar refractivity (Wildman–Crippen MR) is 121 cm³/mol. The molecule has 0 aliphatic heterocycles. The molecule has 0 bridgehead atoms. The third-order valence-electron chi connectivity index (χ3n) is 5.49. The van der Waals surface area contributed by atoms with Crippen LogP contribution < -0.4 is 16.0 Å². The standard InChI is InChI=1S/C24H30N4O3/c1-17(22-26-20-13-7-5-11-18(20)23(29)27-22)28(16-10-4-3-9-15-25)24(30)19-12-6-8-14-21(19)31-2/h5-8,11-14,17H,3-4,9-10,15-16,25H2,1-2H3,(H,26,27,29)/p+1/t17-/m0/s1. The van der Waals surface area contributed by atoms with Crippen LogP contribution in [-0.2, 0) is 0 Å². The fourth-order valence-electron chi connectivity index (χ4n) is 3.71. The number of unbranched alkanes of at least 4 members (excludes halogenated alkanes) is 3. The minimum atomic E-state index is -0.400. The molecule has 1 amide bonds. The van der Waals surface area contributed by atoms with Crippen LogP contribution in [0.4, 0.5) is 0 Å². The molecule has 0 radical (unpaired) electrons. The summed E-state index contributed by atoms with van der Waals surface area (Å²) in [5.41, 5.74) is 4.80. The van der Waals surface area contributed by atoms with E-state index in [9.17, 15) is 9.59 Å². The van der Waals surface area contributed by atoms with Crippen molar-refractivity contribution in [2.75, 3.05) is 20.2 Å². The van der Waals surface area contributed by atoms with Gasteiger partial charge in [0.2, 0.25) is 0 Å². The zero-order chi connectivity index (χ0) is 22.2. The SMILES string of the molecule is COc1ccccc1C(=O)N(CCCCCC[NH3+])[C@@H](C)c1nc2ccccc2c(=O)[nH]1. The van der Waals surface area contributed by atoms with E-state index in [1.54, 1.807) is 30.2 Å². The van der Waals surface area contributed by atoms with Crippen LogP contribution >= 0.6 is 0 Å². The lowest BCUT2D eigenvalue weighted by atomic mass is 10.1. The number of H-pyrrole nitrogens is 1. The number of para-hydroxylation sites is 2. The molecule has 3 aromatic rings. The maximum Gasteiger partial charge on any atom is 0.258 e. The van der Waals surface area contributed by atoms with Crippen molar-refractivity contribution in [3.05, 3.63) is 70.3 Å². The Hall–Kier alpha value is -3.19. The number of rotatable bonds is 10. The van der Waals surface area contributed by atoms with Gasteiger partial charge < -0.3 is 20.4 Å². The molecule has 1 aromatic heterocycles. The Morgan fingerprint density at radius 2 is 1.81 bits per heavy atom. The molecule has 164 valence electrons. The van der Waals surface area contributed by atoms with E-state index in [0.717, 1.165) is 32.2 Å². The Bertz CT molecular complexity index is 1080. The number of ether oxygens (including phenoxy) is 1. The van der Waals surface area contributed by atoms with Gasteiger partial charge in [-0.2, -0.15) is 0 Å². The van der Waals surface area contributed by atoms with Crippen LogP contribution in [0.5, 0.6) is 5.75 Å². The number of carbonyl (C=O) groups excluding carboxylic acids is 1. The van der Waals surface area contributed by atoms with Gasteiger partial charge in [0.05, 0.1) is 36.2 Å². The van der Waals surface area contributed by atoms with Crippen LogP contribution in [0.25, 0.3) is 10.9 Å². The van der Waals surface area contributed by atoms with Crippen LogP contribution in [0.15, 0.2) is 53.3 Å². The summed E-state index contributed by atoms with van der Waals surface area (Å²) in [6.45, 7) is 3.38. The van der Waals surface area contributed by atoms with Crippen LogP contribution in [0.3, 0.4) is 0 Å². The Kier molecular flexibility index (Phi) is 7.78. The number of amides is 1. The van der Waals surface area contributed by atoms with Gasteiger partial charge in [0.15, 0.2) is 0 Å². The first kappa shape index (κ1) is 22.5. The van der Waals surface area contributed by atoms with Gasteiger partial charge in [-0.1, -0.05) is 30.7 Å². The molecule has 2 aromatic carbocycles. The number of benzene rings is 2. The molecule has 1 heterocycles. The molecule has 3 rings (SSSR count). The molecule has 1 atom stereocenters. The van der Waals surface area contributed by atoms with Crippen molar-refractivity contribution in [2.24, 2.45) is 0 Å². The Morgan fingerprint density at radius 1 is 1.10 bits per heavy atom. The van der Waals surface area contributed by atoms with Crippen molar-refractivity contribution >= 4 is 16.8 Å². The first-order valence-corrected chi connectivity index (χ1v) is 10.8. The van der Waals surface area contributed by atoms with E-state index < -0.39 is 6.04 Å². The first-order chi connectivity index (χ1) is 15.1. The summed E-state index contributed by atoms with van der Waals surface area (Å²) in [6.07, 6.45) is 4.04. The molecule has 4 N–H and O–H groups in total. The summed E-state index contributed by atoms with van der Waals surface area (Å²) >= 11 is 0. The molecule has 0 spiro atoms. The van der Waals surface area contributed by atoms with Crippen LogP contribution in [0.2, 0.25) is 0 Å². The average Bonchev–Trinajstić information content (AvgIpc) is 2.80. The highest BCUT2D eigenvalue weighted by Crippen LogP contribution is 2.25. The number of carbonyl (C=O) groups is 1. The monoisotopic (exact) mass is 423 g/mol. The molecule has 7 heteroatoms. The minimum Gasteiger partial charge on any atom is -0.496 e. The lowest BCUT2D eigenvalue weighted by Gasteiger charge is -2.29. The summed E-state index contributed by atoms with van der Waals surface area (Å²) < 4.78 is 5.41. The van der Waals surface area contributed by atoms with Crippen molar-refractivity contribution in [2.45, 2.75) is 38.6 Å². The molecular weight excluding hydrogens is 392 g/mol. The van der Waals surface area contributed by atoms with Crippen molar-refractivity contribution in [1.82, 2.24) is 14.9 Å². The van der Waals surface area contributed by atoms with Gasteiger partial charge in [-0.05, 0) is 50.5 Å². The number of hydrogen-bond acceptors (Lipinski definition) is 4. The van der Waals surface area contributed by atoms with Crippen LogP contribution in [0.1, 0.15) is 54.8 Å².